The molecule has 3 N–H and O–H groups in total. The molecule has 0 aliphatic heterocycles. The zero-order valence-corrected chi connectivity index (χ0v) is 15.0. The molecular formula is C15H15Cl2F3N4O. The maximum Gasteiger partial charge on any atom is 0.433 e. The summed E-state index contributed by atoms with van der Waals surface area (Å²) in [6, 6.07) is 3.40. The van der Waals surface area contributed by atoms with Gasteiger partial charge in [0, 0.05) is 17.3 Å². The van der Waals surface area contributed by atoms with Gasteiger partial charge < -0.3 is 15.7 Å². The summed E-state index contributed by atoms with van der Waals surface area (Å²) in [5.41, 5.74) is -1.37. The van der Waals surface area contributed by atoms with Crippen LogP contribution in [0.15, 0.2) is 18.2 Å². The molecule has 5 nitrogen and oxygen atoms in total. The van der Waals surface area contributed by atoms with Crippen molar-refractivity contribution in [2.45, 2.75) is 32.5 Å². The second kappa shape index (κ2) is 6.76. The first kappa shape index (κ1) is 19.4. The molecule has 1 aromatic heterocycles. The Labute approximate surface area is 152 Å². The molecule has 25 heavy (non-hydrogen) atoms. The van der Waals surface area contributed by atoms with Crippen LogP contribution in [0.2, 0.25) is 10.0 Å². The lowest BCUT2D eigenvalue weighted by atomic mass is 10.1. The van der Waals surface area contributed by atoms with Crippen LogP contribution in [-0.4, -0.2) is 20.6 Å². The van der Waals surface area contributed by atoms with Crippen molar-refractivity contribution in [1.82, 2.24) is 9.97 Å². The minimum absolute atomic E-state index is 0.0480. The second-order valence-electron chi connectivity index (χ2n) is 6.25. The minimum Gasteiger partial charge on any atom is -0.505 e. The van der Waals surface area contributed by atoms with Crippen LogP contribution < -0.4 is 10.6 Å². The van der Waals surface area contributed by atoms with Crippen LogP contribution in [-0.2, 0) is 6.18 Å². The van der Waals surface area contributed by atoms with E-state index in [0.29, 0.717) is 0 Å². The first-order valence-electron chi connectivity index (χ1n) is 7.04. The van der Waals surface area contributed by atoms with Crippen molar-refractivity contribution in [3.63, 3.8) is 0 Å². The number of phenols is 1. The molecule has 0 aliphatic carbocycles. The number of anilines is 3. The van der Waals surface area contributed by atoms with Gasteiger partial charge in [-0.1, -0.05) is 23.2 Å². The number of nitrogens with zero attached hydrogens (tertiary/aromatic N) is 2. The van der Waals surface area contributed by atoms with Crippen LogP contribution in [0.25, 0.3) is 0 Å². The molecule has 0 radical (unpaired) electrons. The van der Waals surface area contributed by atoms with E-state index in [-0.39, 0.29) is 33.2 Å². The summed E-state index contributed by atoms with van der Waals surface area (Å²) < 4.78 is 39.2. The van der Waals surface area contributed by atoms with E-state index in [2.05, 4.69) is 20.6 Å². The van der Waals surface area contributed by atoms with Crippen molar-refractivity contribution in [2.24, 2.45) is 0 Å². The van der Waals surface area contributed by atoms with Crippen molar-refractivity contribution in [3.05, 3.63) is 33.9 Å². The number of aromatic nitrogens is 2. The van der Waals surface area contributed by atoms with E-state index >= 15 is 0 Å². The van der Waals surface area contributed by atoms with Crippen LogP contribution >= 0.6 is 23.2 Å². The van der Waals surface area contributed by atoms with E-state index in [0.717, 1.165) is 6.07 Å². The topological polar surface area (TPSA) is 70.1 Å². The highest BCUT2D eigenvalue weighted by molar-refractivity contribution is 6.37. The van der Waals surface area contributed by atoms with Gasteiger partial charge in [-0.15, -0.1) is 0 Å². The summed E-state index contributed by atoms with van der Waals surface area (Å²) in [6.45, 7) is 5.30. The van der Waals surface area contributed by atoms with Gasteiger partial charge in [0.25, 0.3) is 0 Å². The highest BCUT2D eigenvalue weighted by Crippen LogP contribution is 2.36. The molecule has 0 aliphatic rings. The predicted molar refractivity (Wildman–Crippen MR) is 91.8 cm³/mol. The number of rotatable bonds is 3. The number of hydrogen-bond donors (Lipinski definition) is 3. The van der Waals surface area contributed by atoms with E-state index in [1.54, 1.807) is 20.8 Å². The maximum absolute atomic E-state index is 13.1. The number of alkyl halides is 3. The molecule has 1 heterocycles. The predicted octanol–water partition coefficient (Wildman–Crippen LogP) is 5.46. The molecule has 2 rings (SSSR count). The molecule has 0 spiro atoms. The molecular weight excluding hydrogens is 380 g/mol. The van der Waals surface area contributed by atoms with Crippen molar-refractivity contribution in [2.75, 3.05) is 10.6 Å². The fraction of sp³-hybridized carbons (Fsp3) is 0.333. The molecule has 2 aromatic rings. The largest absolute Gasteiger partial charge is 0.505 e. The molecule has 0 atom stereocenters. The first-order chi connectivity index (χ1) is 11.3. The number of halogens is 5. The second-order valence-corrected chi connectivity index (χ2v) is 7.06. The van der Waals surface area contributed by atoms with Crippen LogP contribution in [0.3, 0.4) is 0 Å². The zero-order valence-electron chi connectivity index (χ0n) is 13.5. The number of nitrogens with one attached hydrogen (secondary N) is 2. The highest BCUT2D eigenvalue weighted by Gasteiger charge is 2.34. The molecule has 1 aromatic carbocycles. The van der Waals surface area contributed by atoms with Crippen molar-refractivity contribution >= 4 is 40.7 Å². The van der Waals surface area contributed by atoms with Gasteiger partial charge in [0.1, 0.15) is 5.82 Å². The zero-order chi connectivity index (χ0) is 19.0. The SMILES string of the molecule is CC(C)(C)Nc1nc(Nc2cc(Cl)c(O)c(Cl)c2)cc(C(F)(F)F)n1. The molecule has 0 unspecified atom stereocenters. The van der Waals surface area contributed by atoms with Gasteiger partial charge >= 0.3 is 6.18 Å². The summed E-state index contributed by atoms with van der Waals surface area (Å²) in [4.78, 5) is 7.53. The van der Waals surface area contributed by atoms with Gasteiger partial charge in [-0.3, -0.25) is 0 Å². The van der Waals surface area contributed by atoms with Crippen molar-refractivity contribution in [1.29, 1.82) is 0 Å². The Morgan fingerprint density at radius 2 is 1.56 bits per heavy atom. The van der Waals surface area contributed by atoms with Crippen LogP contribution in [0.4, 0.5) is 30.6 Å². The normalized spacial score (nSPS) is 12.2. The summed E-state index contributed by atoms with van der Waals surface area (Å²) >= 11 is 11.6. The Hall–Kier alpha value is -1.93. The first-order valence-corrected chi connectivity index (χ1v) is 7.80. The average molecular weight is 395 g/mol. The van der Waals surface area contributed by atoms with Crippen LogP contribution in [0.1, 0.15) is 26.5 Å². The number of phenolic OH excluding ortho intramolecular Hbond substituents is 1. The van der Waals surface area contributed by atoms with Gasteiger partial charge in [0.15, 0.2) is 11.4 Å². The number of benzene rings is 1. The fourth-order valence-corrected chi connectivity index (χ4v) is 2.32. The summed E-state index contributed by atoms with van der Waals surface area (Å²) in [5.74, 6) is -0.602. The lowest BCUT2D eigenvalue weighted by Crippen LogP contribution is -2.28. The van der Waals surface area contributed by atoms with Crippen molar-refractivity contribution in [3.8, 4) is 5.75 Å². The third-order valence-electron chi connectivity index (χ3n) is 2.79. The molecule has 136 valence electrons. The van der Waals surface area contributed by atoms with Crippen LogP contribution in [0.5, 0.6) is 5.75 Å². The summed E-state index contributed by atoms with van der Waals surface area (Å²) in [7, 11) is 0. The van der Waals surface area contributed by atoms with Gasteiger partial charge in [0.2, 0.25) is 5.95 Å². The molecule has 0 saturated heterocycles. The quantitative estimate of drug-likeness (QED) is 0.602. The van der Waals surface area contributed by atoms with Gasteiger partial charge in [-0.05, 0) is 32.9 Å². The van der Waals surface area contributed by atoms with E-state index in [9.17, 15) is 18.3 Å². The lowest BCUT2D eigenvalue weighted by molar-refractivity contribution is -0.141. The minimum atomic E-state index is -4.64. The molecule has 0 saturated carbocycles. The maximum atomic E-state index is 13.1. The third kappa shape index (κ3) is 5.27. The van der Waals surface area contributed by atoms with E-state index in [1.807, 2.05) is 0 Å². The smallest absolute Gasteiger partial charge is 0.433 e. The average Bonchev–Trinajstić information content (AvgIpc) is 2.41. The fourth-order valence-electron chi connectivity index (χ4n) is 1.83. The molecule has 0 amide bonds. The highest BCUT2D eigenvalue weighted by atomic mass is 35.5. The Bertz CT molecular complexity index is 768. The van der Waals surface area contributed by atoms with E-state index in [4.69, 9.17) is 23.2 Å². The standard InChI is InChI=1S/C15H15Cl2F3N4O/c1-14(2,3)24-13-22-10(15(18,19)20)6-11(23-13)21-7-4-8(16)12(25)9(17)5-7/h4-6,25H,1-3H3,(H2,21,22,23,24). The third-order valence-corrected chi connectivity index (χ3v) is 3.37. The Kier molecular flexibility index (Phi) is 5.24. The number of hydrogen-bond acceptors (Lipinski definition) is 5. The summed E-state index contributed by atoms with van der Waals surface area (Å²) in [6.07, 6.45) is -4.64. The number of aromatic hydroxyl groups is 1. The van der Waals surface area contributed by atoms with E-state index < -0.39 is 17.4 Å². The Morgan fingerprint density at radius 1 is 1.00 bits per heavy atom. The lowest BCUT2D eigenvalue weighted by Gasteiger charge is -2.21. The Balaban J connectivity index is 2.44. The monoisotopic (exact) mass is 394 g/mol. The van der Waals surface area contributed by atoms with Crippen LogP contribution in [0, 0.1) is 0 Å². The molecule has 0 bridgehead atoms. The van der Waals surface area contributed by atoms with Gasteiger partial charge in [-0.25, -0.2) is 4.98 Å². The Morgan fingerprint density at radius 3 is 2.04 bits per heavy atom. The van der Waals surface area contributed by atoms with Crippen molar-refractivity contribution < 1.29 is 18.3 Å². The molecule has 0 fully saturated rings. The van der Waals surface area contributed by atoms with Gasteiger partial charge in [-0.2, -0.15) is 18.2 Å². The molecule has 10 heteroatoms. The van der Waals surface area contributed by atoms with Gasteiger partial charge in [0.05, 0.1) is 10.0 Å². The van der Waals surface area contributed by atoms with E-state index in [1.165, 1.54) is 12.1 Å². The summed E-state index contributed by atoms with van der Waals surface area (Å²) in [5, 5.41) is 14.9.